The molecular formula is C15H12N2O3. The first-order valence-electron chi connectivity index (χ1n) is 6.11. The number of aliphatic hydroxyl groups excluding tert-OH is 1. The van der Waals surface area contributed by atoms with Crippen molar-refractivity contribution in [3.05, 3.63) is 64.6 Å². The molecule has 2 aromatic heterocycles. The molecule has 0 spiro atoms. The molecule has 0 unspecified atom stereocenters. The Balaban J connectivity index is 2.36. The van der Waals surface area contributed by atoms with Gasteiger partial charge in [0.05, 0.1) is 6.61 Å². The number of rotatable bonds is 2. The van der Waals surface area contributed by atoms with E-state index in [1.165, 1.54) is 12.3 Å². The highest BCUT2D eigenvalue weighted by Crippen LogP contribution is 2.26. The monoisotopic (exact) mass is 268 g/mol. The predicted octanol–water partition coefficient (Wildman–Crippen LogP) is 1.79. The predicted molar refractivity (Wildman–Crippen MR) is 74.5 cm³/mol. The van der Waals surface area contributed by atoms with Crippen molar-refractivity contribution in [1.29, 1.82) is 0 Å². The first-order chi connectivity index (χ1) is 9.70. The van der Waals surface area contributed by atoms with Gasteiger partial charge in [-0.3, -0.25) is 4.79 Å². The lowest BCUT2D eigenvalue weighted by Crippen LogP contribution is -2.18. The van der Waals surface area contributed by atoms with E-state index in [0.717, 1.165) is 11.1 Å². The van der Waals surface area contributed by atoms with Crippen LogP contribution >= 0.6 is 0 Å². The molecule has 0 fully saturated rings. The molecule has 2 heterocycles. The minimum absolute atomic E-state index is 0.0684. The maximum atomic E-state index is 11.8. The molecule has 0 bridgehead atoms. The largest absolute Gasteiger partial charge is 0.423 e. The van der Waals surface area contributed by atoms with E-state index in [0.29, 0.717) is 15.7 Å². The van der Waals surface area contributed by atoms with Crippen molar-refractivity contribution in [2.75, 3.05) is 0 Å². The zero-order valence-corrected chi connectivity index (χ0v) is 10.5. The Labute approximate surface area is 114 Å². The van der Waals surface area contributed by atoms with Crippen LogP contribution in [0.4, 0.5) is 0 Å². The summed E-state index contributed by atoms with van der Waals surface area (Å²) < 4.78 is 0.536. The summed E-state index contributed by atoms with van der Waals surface area (Å²) >= 11 is 0. The third-order valence-electron chi connectivity index (χ3n) is 3.17. The number of benzene rings is 1. The molecule has 0 saturated heterocycles. The van der Waals surface area contributed by atoms with Gasteiger partial charge in [0, 0.05) is 17.6 Å². The molecule has 0 amide bonds. The summed E-state index contributed by atoms with van der Waals surface area (Å²) in [5.41, 5.74) is 1.91. The lowest BCUT2D eigenvalue weighted by Gasteiger charge is -2.09. The maximum absolute atomic E-state index is 11.8. The van der Waals surface area contributed by atoms with Gasteiger partial charge in [-0.15, -0.1) is 4.73 Å². The van der Waals surface area contributed by atoms with Crippen LogP contribution in [0.1, 0.15) is 5.56 Å². The zero-order chi connectivity index (χ0) is 14.1. The minimum Gasteiger partial charge on any atom is -0.423 e. The van der Waals surface area contributed by atoms with Crippen LogP contribution < -0.4 is 5.56 Å². The lowest BCUT2D eigenvalue weighted by atomic mass is 10.0. The summed E-state index contributed by atoms with van der Waals surface area (Å²) in [6.07, 6.45) is 1.52. The number of aliphatic hydroxyl groups is 1. The Hall–Kier alpha value is -2.66. The van der Waals surface area contributed by atoms with Crippen LogP contribution in [0.5, 0.6) is 0 Å². The van der Waals surface area contributed by atoms with Gasteiger partial charge in [0.1, 0.15) is 0 Å². The Morgan fingerprint density at radius 1 is 1.15 bits per heavy atom. The van der Waals surface area contributed by atoms with E-state index in [1.54, 1.807) is 18.2 Å². The highest BCUT2D eigenvalue weighted by molar-refractivity contribution is 5.92. The van der Waals surface area contributed by atoms with Gasteiger partial charge in [-0.05, 0) is 34.9 Å². The molecule has 2 N–H and O–H groups in total. The van der Waals surface area contributed by atoms with Gasteiger partial charge >= 0.3 is 0 Å². The van der Waals surface area contributed by atoms with E-state index < -0.39 is 5.56 Å². The highest BCUT2D eigenvalue weighted by Gasteiger charge is 2.10. The smallest absolute Gasteiger partial charge is 0.285 e. The van der Waals surface area contributed by atoms with E-state index in [4.69, 9.17) is 0 Å². The molecule has 3 rings (SSSR count). The number of hydrogen-bond donors (Lipinski definition) is 2. The third-order valence-corrected chi connectivity index (χ3v) is 3.17. The number of pyridine rings is 2. The van der Waals surface area contributed by atoms with Gasteiger partial charge in [0.2, 0.25) is 0 Å². The van der Waals surface area contributed by atoms with Crippen molar-refractivity contribution in [2.24, 2.45) is 0 Å². The molecule has 0 aliphatic carbocycles. The fourth-order valence-corrected chi connectivity index (χ4v) is 2.22. The summed E-state index contributed by atoms with van der Waals surface area (Å²) in [7, 11) is 0. The van der Waals surface area contributed by atoms with Crippen molar-refractivity contribution >= 4 is 11.0 Å². The average Bonchev–Trinajstić information content (AvgIpc) is 2.51. The van der Waals surface area contributed by atoms with Gasteiger partial charge in [-0.1, -0.05) is 18.2 Å². The molecule has 0 atom stereocenters. The molecule has 5 nitrogen and oxygen atoms in total. The summed E-state index contributed by atoms with van der Waals surface area (Å²) in [5.74, 6) is 0. The second-order valence-corrected chi connectivity index (χ2v) is 4.44. The molecule has 5 heteroatoms. The highest BCUT2D eigenvalue weighted by atomic mass is 16.5. The third kappa shape index (κ3) is 1.94. The van der Waals surface area contributed by atoms with Crippen molar-refractivity contribution in [1.82, 2.24) is 9.71 Å². The van der Waals surface area contributed by atoms with Crippen LogP contribution in [-0.4, -0.2) is 20.0 Å². The number of nitrogens with zero attached hydrogens (tertiary/aromatic N) is 2. The second kappa shape index (κ2) is 4.79. The Morgan fingerprint density at radius 3 is 2.80 bits per heavy atom. The first kappa shape index (κ1) is 12.4. The Kier molecular flexibility index (Phi) is 2.96. The molecule has 1 aromatic carbocycles. The first-order valence-corrected chi connectivity index (χ1v) is 6.11. The van der Waals surface area contributed by atoms with Crippen LogP contribution in [0.2, 0.25) is 0 Å². The summed E-state index contributed by atoms with van der Waals surface area (Å²) in [4.78, 5) is 15.8. The SMILES string of the molecule is O=c1cc(-c2cccc(CO)c2)c2cccnc2n1O. The summed E-state index contributed by atoms with van der Waals surface area (Å²) in [6, 6.07) is 12.2. The maximum Gasteiger partial charge on any atom is 0.285 e. The van der Waals surface area contributed by atoms with Crippen molar-refractivity contribution in [2.45, 2.75) is 6.61 Å². The van der Waals surface area contributed by atoms with Gasteiger partial charge in [0.25, 0.3) is 5.56 Å². The normalized spacial score (nSPS) is 10.8. The Morgan fingerprint density at radius 2 is 2.00 bits per heavy atom. The summed E-state index contributed by atoms with van der Waals surface area (Å²) in [6.45, 7) is -0.0684. The lowest BCUT2D eigenvalue weighted by molar-refractivity contribution is 0.187. The van der Waals surface area contributed by atoms with Crippen molar-refractivity contribution in [3.8, 4) is 11.1 Å². The number of fused-ring (bicyclic) bond motifs is 1. The van der Waals surface area contributed by atoms with Gasteiger partial charge in [-0.25, -0.2) is 4.98 Å². The molecule has 20 heavy (non-hydrogen) atoms. The van der Waals surface area contributed by atoms with Crippen LogP contribution in [0, 0.1) is 0 Å². The van der Waals surface area contributed by atoms with Crippen LogP contribution in [0.3, 0.4) is 0 Å². The standard InChI is InChI=1S/C15H12N2O3/c18-9-10-3-1-4-11(7-10)13-8-14(19)17(20)15-12(13)5-2-6-16-15/h1-8,18,20H,9H2. The van der Waals surface area contributed by atoms with E-state index in [1.807, 2.05) is 18.2 Å². The van der Waals surface area contributed by atoms with Crippen LogP contribution in [0.25, 0.3) is 22.2 Å². The fraction of sp³-hybridized carbons (Fsp3) is 0.0667. The van der Waals surface area contributed by atoms with E-state index in [9.17, 15) is 15.1 Å². The van der Waals surface area contributed by atoms with Crippen LogP contribution in [-0.2, 0) is 6.61 Å². The fourth-order valence-electron chi connectivity index (χ4n) is 2.22. The van der Waals surface area contributed by atoms with Gasteiger partial charge in [0.15, 0.2) is 5.65 Å². The molecule has 100 valence electrons. The molecule has 0 saturated carbocycles. The van der Waals surface area contributed by atoms with Crippen molar-refractivity contribution in [3.63, 3.8) is 0 Å². The van der Waals surface area contributed by atoms with E-state index in [-0.39, 0.29) is 12.3 Å². The van der Waals surface area contributed by atoms with E-state index in [2.05, 4.69) is 4.98 Å². The topological polar surface area (TPSA) is 75.3 Å². The average molecular weight is 268 g/mol. The quantitative estimate of drug-likeness (QED) is 0.695. The molecular weight excluding hydrogens is 256 g/mol. The number of hydrogen-bond acceptors (Lipinski definition) is 4. The molecule has 3 aromatic rings. The zero-order valence-electron chi connectivity index (χ0n) is 10.5. The van der Waals surface area contributed by atoms with Crippen molar-refractivity contribution < 1.29 is 10.3 Å². The van der Waals surface area contributed by atoms with Crippen LogP contribution in [0.15, 0.2) is 53.5 Å². The summed E-state index contributed by atoms with van der Waals surface area (Å²) in [5, 5.41) is 19.6. The molecule has 0 aliphatic heterocycles. The van der Waals surface area contributed by atoms with E-state index >= 15 is 0 Å². The van der Waals surface area contributed by atoms with Gasteiger partial charge in [-0.2, -0.15) is 0 Å². The minimum atomic E-state index is -0.541. The molecule has 0 radical (unpaired) electrons. The molecule has 0 aliphatic rings. The second-order valence-electron chi connectivity index (χ2n) is 4.44. The number of aromatic nitrogens is 2. The van der Waals surface area contributed by atoms with Gasteiger partial charge < -0.3 is 10.3 Å². The Bertz CT molecular complexity index is 840.